The molecule has 1 aliphatic heterocycles. The Morgan fingerprint density at radius 1 is 0.969 bits per heavy atom. The van der Waals surface area contributed by atoms with Crippen molar-refractivity contribution in [1.29, 1.82) is 0 Å². The van der Waals surface area contributed by atoms with Crippen LogP contribution < -0.4 is 0 Å². The number of sulfone groups is 1. The fraction of sp³-hybridized carbons (Fsp3) is 0.308. The van der Waals surface area contributed by atoms with Gasteiger partial charge in [-0.05, 0) is 47.2 Å². The van der Waals surface area contributed by atoms with Crippen molar-refractivity contribution >= 4 is 21.6 Å². The van der Waals surface area contributed by atoms with E-state index in [2.05, 4.69) is 38.1 Å². The van der Waals surface area contributed by atoms with Gasteiger partial charge in [-0.2, -0.15) is 5.06 Å². The predicted octanol–water partition coefficient (Wildman–Crippen LogP) is 5.61. The maximum absolute atomic E-state index is 13.8. The Hall–Kier alpha value is -2.12. The Balaban J connectivity index is 1.63. The molecule has 0 amide bonds. The monoisotopic (exact) mass is 465 g/mol. The van der Waals surface area contributed by atoms with Gasteiger partial charge in [-0.1, -0.05) is 80.1 Å². The van der Waals surface area contributed by atoms with Crippen molar-refractivity contribution < 1.29 is 13.3 Å². The molecule has 0 bridgehead atoms. The first-order valence-corrected chi connectivity index (χ1v) is 13.3. The quantitative estimate of drug-likeness (QED) is 0.490. The summed E-state index contributed by atoms with van der Waals surface area (Å²) in [5.41, 5.74) is 5.70. The number of aryl methyl sites for hydroxylation is 1. The Labute approximate surface area is 194 Å². The summed E-state index contributed by atoms with van der Waals surface area (Å²) in [5.74, 6) is 0.294. The highest BCUT2D eigenvalue weighted by Crippen LogP contribution is 2.61. The molecule has 32 heavy (non-hydrogen) atoms. The molecule has 0 saturated carbocycles. The molecule has 1 unspecified atom stereocenters. The highest BCUT2D eigenvalue weighted by Gasteiger charge is 2.56. The first-order valence-electron chi connectivity index (χ1n) is 10.9. The van der Waals surface area contributed by atoms with E-state index in [9.17, 15) is 8.42 Å². The third-order valence-corrected chi connectivity index (χ3v) is 10.3. The van der Waals surface area contributed by atoms with Crippen LogP contribution in [0.5, 0.6) is 0 Å². The molecule has 1 aliphatic carbocycles. The van der Waals surface area contributed by atoms with E-state index in [-0.39, 0.29) is 0 Å². The number of thioether (sulfide) groups is 1. The minimum atomic E-state index is -3.66. The van der Waals surface area contributed by atoms with Crippen LogP contribution in [-0.2, 0) is 19.4 Å². The number of nitrogens with zero attached hydrogens (tertiary/aromatic N) is 1. The normalized spacial score (nSPS) is 19.4. The summed E-state index contributed by atoms with van der Waals surface area (Å²) >= 11 is 1.48. The van der Waals surface area contributed by atoms with E-state index >= 15 is 0 Å². The lowest BCUT2D eigenvalue weighted by Crippen LogP contribution is -2.37. The van der Waals surface area contributed by atoms with E-state index in [4.69, 9.17) is 4.84 Å². The van der Waals surface area contributed by atoms with E-state index < -0.39 is 19.3 Å². The summed E-state index contributed by atoms with van der Waals surface area (Å²) in [7, 11) is -3.66. The van der Waals surface area contributed by atoms with Crippen LogP contribution in [0.15, 0.2) is 77.7 Å². The van der Waals surface area contributed by atoms with Gasteiger partial charge in [-0.25, -0.2) is 8.42 Å². The molecule has 166 valence electrons. The molecule has 0 N–H and O–H groups in total. The average Bonchev–Trinajstić information content (AvgIpc) is 3.31. The van der Waals surface area contributed by atoms with Crippen LogP contribution >= 0.6 is 11.8 Å². The summed E-state index contributed by atoms with van der Waals surface area (Å²) in [6.07, 6.45) is 0. The maximum atomic E-state index is 13.8. The van der Waals surface area contributed by atoms with Gasteiger partial charge < -0.3 is 0 Å². The molecule has 4 nitrogen and oxygen atoms in total. The first kappa shape index (κ1) is 21.7. The van der Waals surface area contributed by atoms with Gasteiger partial charge in [0.2, 0.25) is 9.84 Å². The van der Waals surface area contributed by atoms with Crippen molar-refractivity contribution in [3.05, 3.63) is 89.5 Å². The molecule has 1 spiro atoms. The predicted molar refractivity (Wildman–Crippen MR) is 130 cm³/mol. The Morgan fingerprint density at radius 2 is 1.53 bits per heavy atom. The number of hydrogen-bond acceptors (Lipinski definition) is 5. The number of rotatable bonds is 5. The zero-order valence-electron chi connectivity index (χ0n) is 18.5. The molecular weight excluding hydrogens is 438 g/mol. The van der Waals surface area contributed by atoms with Crippen LogP contribution in [0, 0.1) is 12.8 Å². The molecule has 0 radical (unpaired) electrons. The number of fused-ring (bicyclic) bond motifs is 5. The largest absolute Gasteiger partial charge is 0.297 e. The first-order chi connectivity index (χ1) is 15.3. The van der Waals surface area contributed by atoms with Gasteiger partial charge in [0.1, 0.15) is 0 Å². The van der Waals surface area contributed by atoms with Gasteiger partial charge in [0.15, 0.2) is 4.71 Å². The van der Waals surface area contributed by atoms with Crippen molar-refractivity contribution in [3.63, 3.8) is 0 Å². The van der Waals surface area contributed by atoms with Crippen LogP contribution in [-0.4, -0.2) is 31.3 Å². The Kier molecular flexibility index (Phi) is 5.45. The highest BCUT2D eigenvalue weighted by atomic mass is 32.3. The lowest BCUT2D eigenvalue weighted by molar-refractivity contribution is -0.158. The second-order valence-electron chi connectivity index (χ2n) is 8.97. The topological polar surface area (TPSA) is 46.6 Å². The van der Waals surface area contributed by atoms with Gasteiger partial charge in [0.25, 0.3) is 0 Å². The molecule has 1 heterocycles. The summed E-state index contributed by atoms with van der Waals surface area (Å²) in [6.45, 7) is 7.06. The average molecular weight is 466 g/mol. The number of hydroxylamine groups is 2. The fourth-order valence-electron chi connectivity index (χ4n) is 4.56. The Morgan fingerprint density at radius 3 is 2.09 bits per heavy atom. The maximum Gasteiger partial charge on any atom is 0.206 e. The molecular formula is C26H27NO3S2. The van der Waals surface area contributed by atoms with E-state index in [0.717, 1.165) is 16.7 Å². The molecule has 6 heteroatoms. The molecule has 1 atom stereocenters. The Bertz CT molecular complexity index is 1210. The van der Waals surface area contributed by atoms with Gasteiger partial charge in [-0.3, -0.25) is 4.84 Å². The van der Waals surface area contributed by atoms with Crippen LogP contribution in [0.1, 0.15) is 30.5 Å². The molecule has 2 aliphatic rings. The van der Waals surface area contributed by atoms with Crippen molar-refractivity contribution in [3.8, 4) is 11.1 Å². The second kappa shape index (κ2) is 8.03. The van der Waals surface area contributed by atoms with Crippen LogP contribution in [0.3, 0.4) is 0 Å². The second-order valence-corrected chi connectivity index (χ2v) is 12.7. The summed E-state index contributed by atoms with van der Waals surface area (Å²) in [5, 5.41) is 1.71. The van der Waals surface area contributed by atoms with Crippen molar-refractivity contribution in [2.75, 3.05) is 13.2 Å². The summed E-state index contributed by atoms with van der Waals surface area (Å²) in [6, 6.07) is 23.8. The molecule has 0 aromatic heterocycles. The van der Waals surface area contributed by atoms with E-state index in [1.165, 1.54) is 22.9 Å². The molecule has 1 saturated heterocycles. The van der Waals surface area contributed by atoms with Crippen molar-refractivity contribution in [2.24, 2.45) is 5.92 Å². The van der Waals surface area contributed by atoms with Crippen molar-refractivity contribution in [2.45, 2.75) is 35.1 Å². The zero-order chi connectivity index (χ0) is 22.5. The number of hydrogen-bond donors (Lipinski definition) is 0. The smallest absolute Gasteiger partial charge is 0.206 e. The fourth-order valence-corrected chi connectivity index (χ4v) is 8.49. The molecule has 3 aromatic rings. The SMILES string of the molecule is Cc1ccc(S(=O)(=O)C2SC3(CN2OCC(C)C)c2ccccc2-c2ccccc23)cc1. The minimum absolute atomic E-state index is 0.294. The van der Waals surface area contributed by atoms with E-state index in [0.29, 0.717) is 24.0 Å². The molecule has 1 fully saturated rings. The van der Waals surface area contributed by atoms with Crippen LogP contribution in [0.4, 0.5) is 0 Å². The van der Waals surface area contributed by atoms with E-state index in [1.807, 2.05) is 43.3 Å². The van der Waals surface area contributed by atoms with Crippen molar-refractivity contribution in [1.82, 2.24) is 5.06 Å². The minimum Gasteiger partial charge on any atom is -0.297 e. The lowest BCUT2D eigenvalue weighted by Gasteiger charge is -2.25. The van der Waals surface area contributed by atoms with Crippen LogP contribution in [0.2, 0.25) is 0 Å². The molecule has 3 aromatic carbocycles. The van der Waals surface area contributed by atoms with Gasteiger partial charge >= 0.3 is 0 Å². The standard InChI is InChI=1S/C26H27NO3S2/c1-18(2)16-30-27-17-26(31-25(27)32(28,29)20-14-12-19(3)13-15-20)23-10-6-4-8-21(23)22-9-5-7-11-24(22)26/h4-15,18,25H,16-17H2,1-3H3. The van der Waals surface area contributed by atoms with Gasteiger partial charge in [-0.15, -0.1) is 11.8 Å². The lowest BCUT2D eigenvalue weighted by atomic mass is 9.96. The zero-order valence-corrected chi connectivity index (χ0v) is 20.1. The van der Waals surface area contributed by atoms with Crippen LogP contribution in [0.25, 0.3) is 11.1 Å². The van der Waals surface area contributed by atoms with Gasteiger partial charge in [0, 0.05) is 6.54 Å². The number of benzene rings is 3. The summed E-state index contributed by atoms with van der Waals surface area (Å²) < 4.78 is 26.3. The molecule has 5 rings (SSSR count). The third-order valence-electron chi connectivity index (χ3n) is 6.12. The third kappa shape index (κ3) is 3.41. The summed E-state index contributed by atoms with van der Waals surface area (Å²) in [4.78, 5) is 6.49. The van der Waals surface area contributed by atoms with Gasteiger partial charge in [0.05, 0.1) is 16.2 Å². The van der Waals surface area contributed by atoms with E-state index in [1.54, 1.807) is 17.2 Å². The highest BCUT2D eigenvalue weighted by molar-refractivity contribution is 8.14.